The van der Waals surface area contributed by atoms with Crippen molar-refractivity contribution in [2.45, 2.75) is 26.7 Å². The number of amides is 1. The van der Waals surface area contributed by atoms with Gasteiger partial charge in [-0.3, -0.25) is 9.59 Å². The van der Waals surface area contributed by atoms with Gasteiger partial charge < -0.3 is 9.64 Å². The van der Waals surface area contributed by atoms with Crippen molar-refractivity contribution >= 4 is 17.9 Å². The summed E-state index contributed by atoms with van der Waals surface area (Å²) in [7, 11) is 0. The number of hydrogen-bond acceptors (Lipinski definition) is 3. The zero-order valence-electron chi connectivity index (χ0n) is 14.0. The molecule has 4 nitrogen and oxygen atoms in total. The summed E-state index contributed by atoms with van der Waals surface area (Å²) in [6.07, 6.45) is 2.69. The Bertz CT molecular complexity index is 782. The summed E-state index contributed by atoms with van der Waals surface area (Å²) in [5.41, 5.74) is 5.08. The van der Waals surface area contributed by atoms with Crippen LogP contribution in [0.5, 0.6) is 5.75 Å². The van der Waals surface area contributed by atoms with Crippen molar-refractivity contribution in [1.82, 2.24) is 0 Å². The van der Waals surface area contributed by atoms with Gasteiger partial charge in [-0.2, -0.15) is 0 Å². The van der Waals surface area contributed by atoms with Gasteiger partial charge in [-0.05, 0) is 61.6 Å². The van der Waals surface area contributed by atoms with Crippen molar-refractivity contribution in [2.75, 3.05) is 18.1 Å². The topological polar surface area (TPSA) is 46.6 Å². The number of fused-ring (bicyclic) bond motifs is 1. The van der Waals surface area contributed by atoms with Crippen LogP contribution in [0, 0.1) is 13.8 Å². The van der Waals surface area contributed by atoms with Gasteiger partial charge in [0.1, 0.15) is 5.75 Å². The highest BCUT2D eigenvalue weighted by Gasteiger charge is 2.24. The van der Waals surface area contributed by atoms with Gasteiger partial charge >= 0.3 is 0 Å². The molecule has 0 aliphatic carbocycles. The highest BCUT2D eigenvalue weighted by Crippen LogP contribution is 2.31. The predicted molar refractivity (Wildman–Crippen MR) is 93.9 cm³/mol. The van der Waals surface area contributed by atoms with E-state index in [0.29, 0.717) is 17.9 Å². The minimum absolute atomic E-state index is 0.0721. The van der Waals surface area contributed by atoms with Crippen LogP contribution in [0.2, 0.25) is 0 Å². The van der Waals surface area contributed by atoms with E-state index >= 15 is 0 Å². The van der Waals surface area contributed by atoms with E-state index in [1.807, 2.05) is 11.8 Å². The Morgan fingerprint density at radius 2 is 2.04 bits per heavy atom. The van der Waals surface area contributed by atoms with Crippen molar-refractivity contribution in [3.8, 4) is 5.75 Å². The SMILES string of the molecule is Cc1cc(C)c2c(c1)N(C(=O)COc1ccccc1C=O)CCC2. The lowest BCUT2D eigenvalue weighted by molar-refractivity contribution is -0.120. The summed E-state index contributed by atoms with van der Waals surface area (Å²) in [6.45, 7) is 4.77. The van der Waals surface area contributed by atoms with Gasteiger partial charge in [0.25, 0.3) is 5.91 Å². The molecule has 0 spiro atoms. The van der Waals surface area contributed by atoms with E-state index < -0.39 is 0 Å². The van der Waals surface area contributed by atoms with Gasteiger partial charge in [-0.25, -0.2) is 0 Å². The first-order valence-corrected chi connectivity index (χ1v) is 8.17. The van der Waals surface area contributed by atoms with Crippen LogP contribution < -0.4 is 9.64 Å². The Kier molecular flexibility index (Phi) is 4.65. The summed E-state index contributed by atoms with van der Waals surface area (Å²) in [6, 6.07) is 11.2. The Morgan fingerprint density at radius 3 is 2.83 bits per heavy atom. The number of ether oxygens (including phenoxy) is 1. The third-order valence-corrected chi connectivity index (χ3v) is 4.39. The highest BCUT2D eigenvalue weighted by molar-refractivity contribution is 5.96. The van der Waals surface area contributed by atoms with Crippen LogP contribution in [-0.2, 0) is 11.2 Å². The van der Waals surface area contributed by atoms with E-state index in [2.05, 4.69) is 19.1 Å². The molecule has 2 aromatic carbocycles. The third-order valence-electron chi connectivity index (χ3n) is 4.39. The zero-order valence-corrected chi connectivity index (χ0v) is 14.0. The molecule has 1 heterocycles. The fourth-order valence-electron chi connectivity index (χ4n) is 3.26. The molecule has 0 aromatic heterocycles. The molecule has 0 atom stereocenters. The minimum atomic E-state index is -0.0818. The summed E-state index contributed by atoms with van der Waals surface area (Å²) in [4.78, 5) is 25.5. The quantitative estimate of drug-likeness (QED) is 0.809. The van der Waals surface area contributed by atoms with Crippen LogP contribution in [0.4, 0.5) is 5.69 Å². The molecule has 4 heteroatoms. The van der Waals surface area contributed by atoms with Crippen LogP contribution in [0.1, 0.15) is 33.5 Å². The van der Waals surface area contributed by atoms with Gasteiger partial charge in [0.05, 0.1) is 5.56 Å². The van der Waals surface area contributed by atoms with Crippen molar-refractivity contribution in [1.29, 1.82) is 0 Å². The van der Waals surface area contributed by atoms with E-state index in [0.717, 1.165) is 30.4 Å². The molecule has 0 bridgehead atoms. The summed E-state index contributed by atoms with van der Waals surface area (Å²) < 4.78 is 5.60. The Hall–Kier alpha value is -2.62. The minimum Gasteiger partial charge on any atom is -0.483 e. The standard InChI is InChI=1S/C20H21NO3/c1-14-10-15(2)17-7-5-9-21(18(17)11-14)20(23)13-24-19-8-4-3-6-16(19)12-22/h3-4,6,8,10-12H,5,7,9,13H2,1-2H3. The molecule has 0 fully saturated rings. The second-order valence-electron chi connectivity index (χ2n) is 6.17. The van der Waals surface area contributed by atoms with E-state index in [9.17, 15) is 9.59 Å². The summed E-state index contributed by atoms with van der Waals surface area (Å²) in [5.74, 6) is 0.361. The summed E-state index contributed by atoms with van der Waals surface area (Å²) in [5, 5.41) is 0. The van der Waals surface area contributed by atoms with Crippen LogP contribution >= 0.6 is 0 Å². The van der Waals surface area contributed by atoms with E-state index in [1.54, 1.807) is 24.3 Å². The fraction of sp³-hybridized carbons (Fsp3) is 0.300. The largest absolute Gasteiger partial charge is 0.483 e. The highest BCUT2D eigenvalue weighted by atomic mass is 16.5. The number of carbonyl (C=O) groups is 2. The number of nitrogens with zero attached hydrogens (tertiary/aromatic N) is 1. The van der Waals surface area contributed by atoms with E-state index in [1.165, 1.54) is 11.1 Å². The van der Waals surface area contributed by atoms with E-state index in [-0.39, 0.29) is 12.5 Å². The predicted octanol–water partition coefficient (Wildman–Crippen LogP) is 3.47. The second kappa shape index (κ2) is 6.87. The number of aldehydes is 1. The first kappa shape index (κ1) is 16.2. The first-order chi connectivity index (χ1) is 11.6. The van der Waals surface area contributed by atoms with Crippen LogP contribution in [-0.4, -0.2) is 25.3 Å². The number of hydrogen-bond donors (Lipinski definition) is 0. The third kappa shape index (κ3) is 3.18. The van der Waals surface area contributed by atoms with Crippen molar-refractivity contribution < 1.29 is 14.3 Å². The molecule has 0 unspecified atom stereocenters. The number of para-hydroxylation sites is 1. The Morgan fingerprint density at radius 1 is 1.25 bits per heavy atom. The molecular weight excluding hydrogens is 302 g/mol. The normalized spacial score (nSPS) is 13.3. The molecular formula is C20H21NO3. The van der Waals surface area contributed by atoms with Crippen molar-refractivity contribution in [3.63, 3.8) is 0 Å². The van der Waals surface area contributed by atoms with Gasteiger partial charge in [-0.1, -0.05) is 18.2 Å². The van der Waals surface area contributed by atoms with Crippen LogP contribution in [0.15, 0.2) is 36.4 Å². The summed E-state index contributed by atoms with van der Waals surface area (Å²) >= 11 is 0. The number of benzene rings is 2. The maximum absolute atomic E-state index is 12.7. The molecule has 1 amide bonds. The molecule has 2 aromatic rings. The lowest BCUT2D eigenvalue weighted by atomic mass is 9.95. The molecule has 0 radical (unpaired) electrons. The molecule has 3 rings (SSSR count). The average molecular weight is 323 g/mol. The molecule has 0 saturated heterocycles. The van der Waals surface area contributed by atoms with Gasteiger partial charge in [0, 0.05) is 12.2 Å². The zero-order chi connectivity index (χ0) is 17.1. The number of aryl methyl sites for hydroxylation is 2. The van der Waals surface area contributed by atoms with Crippen molar-refractivity contribution in [2.24, 2.45) is 0 Å². The Labute approximate surface area is 142 Å². The van der Waals surface area contributed by atoms with Crippen LogP contribution in [0.25, 0.3) is 0 Å². The van der Waals surface area contributed by atoms with Gasteiger partial charge in [0.2, 0.25) is 0 Å². The fourth-order valence-corrected chi connectivity index (χ4v) is 3.26. The Balaban J connectivity index is 1.79. The van der Waals surface area contributed by atoms with Crippen LogP contribution in [0.3, 0.4) is 0 Å². The second-order valence-corrected chi connectivity index (χ2v) is 6.17. The maximum Gasteiger partial charge on any atom is 0.264 e. The average Bonchev–Trinajstić information content (AvgIpc) is 2.59. The van der Waals surface area contributed by atoms with E-state index in [4.69, 9.17) is 4.74 Å². The maximum atomic E-state index is 12.7. The van der Waals surface area contributed by atoms with Crippen molar-refractivity contribution in [3.05, 3.63) is 58.7 Å². The van der Waals surface area contributed by atoms with Gasteiger partial charge in [0.15, 0.2) is 12.9 Å². The molecule has 1 aliphatic heterocycles. The van der Waals surface area contributed by atoms with Gasteiger partial charge in [-0.15, -0.1) is 0 Å². The lowest BCUT2D eigenvalue weighted by Crippen LogP contribution is -2.39. The smallest absolute Gasteiger partial charge is 0.264 e. The number of rotatable bonds is 4. The molecule has 0 N–H and O–H groups in total. The first-order valence-electron chi connectivity index (χ1n) is 8.17. The monoisotopic (exact) mass is 323 g/mol. The number of carbonyl (C=O) groups excluding carboxylic acids is 2. The molecule has 0 saturated carbocycles. The lowest BCUT2D eigenvalue weighted by Gasteiger charge is -2.31. The number of anilines is 1. The molecule has 24 heavy (non-hydrogen) atoms. The molecule has 124 valence electrons. The molecule has 1 aliphatic rings.